The molecule has 0 saturated carbocycles. The van der Waals surface area contributed by atoms with Gasteiger partial charge in [0.25, 0.3) is 0 Å². The van der Waals surface area contributed by atoms with Gasteiger partial charge in [0.05, 0.1) is 19.2 Å². The Balaban J connectivity index is 3.03. The standard InChI is InChI=1S/C11H14O4/c1-7(2)15-9-5-4-8(11(12)13)6-10(9)14-3/h4-7H,1-3H3,(H,12,13)/p-1. The van der Waals surface area contributed by atoms with Crippen LogP contribution in [0.3, 0.4) is 0 Å². The summed E-state index contributed by atoms with van der Waals surface area (Å²) in [5.74, 6) is -0.313. The molecule has 4 nitrogen and oxygen atoms in total. The molecule has 82 valence electrons. The SMILES string of the molecule is COc1cc(C(=O)[O-])ccc1OC(C)C. The van der Waals surface area contributed by atoms with Gasteiger partial charge < -0.3 is 19.4 Å². The molecule has 0 N–H and O–H groups in total. The lowest BCUT2D eigenvalue weighted by molar-refractivity contribution is -0.255. The van der Waals surface area contributed by atoms with Crippen molar-refractivity contribution in [1.82, 2.24) is 0 Å². The van der Waals surface area contributed by atoms with Crippen molar-refractivity contribution in [2.75, 3.05) is 7.11 Å². The fraction of sp³-hybridized carbons (Fsp3) is 0.364. The van der Waals surface area contributed by atoms with Gasteiger partial charge in [-0.25, -0.2) is 0 Å². The van der Waals surface area contributed by atoms with Crippen LogP contribution in [-0.2, 0) is 0 Å². The number of hydrogen-bond acceptors (Lipinski definition) is 4. The van der Waals surface area contributed by atoms with Gasteiger partial charge >= 0.3 is 0 Å². The van der Waals surface area contributed by atoms with Crippen molar-refractivity contribution >= 4 is 5.97 Å². The Kier molecular flexibility index (Phi) is 3.55. The van der Waals surface area contributed by atoms with Crippen LogP contribution >= 0.6 is 0 Å². The van der Waals surface area contributed by atoms with Crippen molar-refractivity contribution in [2.45, 2.75) is 20.0 Å². The first-order valence-corrected chi connectivity index (χ1v) is 4.60. The van der Waals surface area contributed by atoms with Gasteiger partial charge in [0.2, 0.25) is 0 Å². The van der Waals surface area contributed by atoms with Crippen molar-refractivity contribution in [2.24, 2.45) is 0 Å². The zero-order chi connectivity index (χ0) is 11.4. The van der Waals surface area contributed by atoms with Crippen LogP contribution in [0.15, 0.2) is 18.2 Å². The second kappa shape index (κ2) is 4.68. The van der Waals surface area contributed by atoms with Gasteiger partial charge in [-0.3, -0.25) is 0 Å². The van der Waals surface area contributed by atoms with Gasteiger partial charge in [0.1, 0.15) is 0 Å². The van der Waals surface area contributed by atoms with E-state index in [4.69, 9.17) is 9.47 Å². The second-order valence-corrected chi connectivity index (χ2v) is 3.32. The smallest absolute Gasteiger partial charge is 0.161 e. The van der Waals surface area contributed by atoms with Gasteiger partial charge in [-0.2, -0.15) is 0 Å². The molecule has 4 heteroatoms. The summed E-state index contributed by atoms with van der Waals surface area (Å²) >= 11 is 0. The third-order valence-electron chi connectivity index (χ3n) is 1.76. The summed E-state index contributed by atoms with van der Waals surface area (Å²) < 4.78 is 10.5. The van der Waals surface area contributed by atoms with E-state index in [1.807, 2.05) is 13.8 Å². The molecule has 0 aromatic heterocycles. The molecule has 1 aromatic carbocycles. The van der Waals surface area contributed by atoms with Gasteiger partial charge in [-0.05, 0) is 32.0 Å². The van der Waals surface area contributed by atoms with Gasteiger partial charge in [-0.15, -0.1) is 0 Å². The maximum absolute atomic E-state index is 10.6. The Labute approximate surface area is 88.4 Å². The number of rotatable bonds is 4. The monoisotopic (exact) mass is 209 g/mol. The first-order chi connectivity index (χ1) is 7.04. The highest BCUT2D eigenvalue weighted by Crippen LogP contribution is 2.28. The molecule has 0 saturated heterocycles. The van der Waals surface area contributed by atoms with E-state index in [0.717, 1.165) is 0 Å². The summed E-state index contributed by atoms with van der Waals surface area (Å²) in [6, 6.07) is 4.37. The van der Waals surface area contributed by atoms with E-state index in [1.54, 1.807) is 6.07 Å². The minimum atomic E-state index is -1.23. The molecular weight excluding hydrogens is 196 g/mol. The van der Waals surface area contributed by atoms with Crippen LogP contribution in [0.1, 0.15) is 24.2 Å². The zero-order valence-corrected chi connectivity index (χ0v) is 8.94. The number of carboxylic acids is 1. The highest BCUT2D eigenvalue weighted by atomic mass is 16.5. The summed E-state index contributed by atoms with van der Waals surface area (Å²) in [4.78, 5) is 10.6. The molecular formula is C11H13O4-. The average molecular weight is 209 g/mol. The number of hydrogen-bond donors (Lipinski definition) is 0. The largest absolute Gasteiger partial charge is 0.545 e. The maximum atomic E-state index is 10.6. The topological polar surface area (TPSA) is 58.6 Å². The molecule has 0 unspecified atom stereocenters. The van der Waals surface area contributed by atoms with Crippen molar-refractivity contribution in [3.05, 3.63) is 23.8 Å². The number of carboxylic acid groups (broad SMARTS) is 1. The number of methoxy groups -OCH3 is 1. The molecule has 0 aliphatic rings. The van der Waals surface area contributed by atoms with E-state index in [2.05, 4.69) is 0 Å². The molecule has 15 heavy (non-hydrogen) atoms. The Morgan fingerprint density at radius 3 is 2.47 bits per heavy atom. The van der Waals surface area contributed by atoms with Crippen molar-refractivity contribution in [3.63, 3.8) is 0 Å². The highest BCUT2D eigenvalue weighted by molar-refractivity contribution is 5.86. The molecule has 0 aliphatic carbocycles. The molecule has 0 atom stereocenters. The maximum Gasteiger partial charge on any atom is 0.161 e. The average Bonchev–Trinajstić information content (AvgIpc) is 2.17. The van der Waals surface area contributed by atoms with Gasteiger partial charge in [0.15, 0.2) is 11.5 Å². The molecule has 0 amide bonds. The fourth-order valence-corrected chi connectivity index (χ4v) is 1.15. The third kappa shape index (κ3) is 2.87. The molecule has 1 rings (SSSR count). The number of benzene rings is 1. The minimum absolute atomic E-state index is 0.00713. The summed E-state index contributed by atoms with van der Waals surface area (Å²) in [6.07, 6.45) is 0.00713. The second-order valence-electron chi connectivity index (χ2n) is 3.32. The van der Waals surface area contributed by atoms with Crippen LogP contribution in [0.5, 0.6) is 11.5 Å². The number of ether oxygens (including phenoxy) is 2. The highest BCUT2D eigenvalue weighted by Gasteiger charge is 2.07. The Bertz CT molecular complexity index is 358. The molecule has 0 spiro atoms. The number of carbonyl (C=O) groups is 1. The van der Waals surface area contributed by atoms with Crippen molar-refractivity contribution < 1.29 is 19.4 Å². The number of aromatic carboxylic acids is 1. The van der Waals surface area contributed by atoms with Crippen molar-refractivity contribution in [3.8, 4) is 11.5 Å². The summed E-state index contributed by atoms with van der Waals surface area (Å²) in [6.45, 7) is 3.76. The van der Waals surface area contributed by atoms with Crippen LogP contribution in [0.4, 0.5) is 0 Å². The third-order valence-corrected chi connectivity index (χ3v) is 1.76. The molecule has 0 bridgehead atoms. The van der Waals surface area contributed by atoms with Crippen LogP contribution in [-0.4, -0.2) is 19.2 Å². The fourth-order valence-electron chi connectivity index (χ4n) is 1.15. The van der Waals surface area contributed by atoms with Crippen LogP contribution < -0.4 is 14.6 Å². The molecule has 0 radical (unpaired) electrons. The van der Waals surface area contributed by atoms with E-state index in [1.165, 1.54) is 19.2 Å². The zero-order valence-electron chi connectivity index (χ0n) is 8.94. The van der Waals surface area contributed by atoms with Crippen LogP contribution in [0.2, 0.25) is 0 Å². The lowest BCUT2D eigenvalue weighted by atomic mass is 10.2. The first-order valence-electron chi connectivity index (χ1n) is 4.60. The molecule has 1 aromatic rings. The van der Waals surface area contributed by atoms with Gasteiger partial charge in [-0.1, -0.05) is 0 Å². The van der Waals surface area contributed by atoms with Crippen molar-refractivity contribution in [1.29, 1.82) is 0 Å². The normalized spacial score (nSPS) is 10.1. The number of carbonyl (C=O) groups excluding carboxylic acids is 1. The Morgan fingerprint density at radius 1 is 1.33 bits per heavy atom. The molecule has 0 aliphatic heterocycles. The van der Waals surface area contributed by atoms with Crippen LogP contribution in [0, 0.1) is 0 Å². The van der Waals surface area contributed by atoms with E-state index in [0.29, 0.717) is 11.5 Å². The first kappa shape index (κ1) is 11.4. The molecule has 0 fully saturated rings. The van der Waals surface area contributed by atoms with Gasteiger partial charge in [0, 0.05) is 5.56 Å². The van der Waals surface area contributed by atoms with E-state index >= 15 is 0 Å². The van der Waals surface area contributed by atoms with Crippen LogP contribution in [0.25, 0.3) is 0 Å². The predicted molar refractivity (Wildman–Crippen MR) is 53.1 cm³/mol. The Hall–Kier alpha value is -1.71. The van der Waals surface area contributed by atoms with E-state index < -0.39 is 5.97 Å². The minimum Gasteiger partial charge on any atom is -0.545 e. The summed E-state index contributed by atoms with van der Waals surface area (Å²) in [5, 5.41) is 10.6. The van der Waals surface area contributed by atoms with E-state index in [9.17, 15) is 9.90 Å². The summed E-state index contributed by atoms with van der Waals surface area (Å²) in [5.41, 5.74) is 0.0722. The lowest BCUT2D eigenvalue weighted by Crippen LogP contribution is -2.22. The van der Waals surface area contributed by atoms with E-state index in [-0.39, 0.29) is 11.7 Å². The quantitative estimate of drug-likeness (QED) is 0.737. The summed E-state index contributed by atoms with van der Waals surface area (Å²) in [7, 11) is 1.46. The predicted octanol–water partition coefficient (Wildman–Crippen LogP) is 0.846. The molecule has 0 heterocycles. The lowest BCUT2D eigenvalue weighted by Gasteiger charge is -2.14. The Morgan fingerprint density at radius 2 is 2.00 bits per heavy atom.